The Balaban J connectivity index is 1.61. The molecule has 3 rings (SSSR count). The smallest absolute Gasteiger partial charge is 0.194 e. The van der Waals surface area contributed by atoms with E-state index in [-0.39, 0.29) is 0 Å². The van der Waals surface area contributed by atoms with Crippen LogP contribution < -0.4 is 5.32 Å². The monoisotopic (exact) mass is 388 g/mol. The molecule has 27 heavy (non-hydrogen) atoms. The lowest BCUT2D eigenvalue weighted by atomic mass is 9.92. The molecule has 1 saturated heterocycles. The molecule has 2 atom stereocenters. The van der Waals surface area contributed by atoms with Gasteiger partial charge in [0.2, 0.25) is 0 Å². The summed E-state index contributed by atoms with van der Waals surface area (Å²) in [6.45, 7) is 11.5. The van der Waals surface area contributed by atoms with Crippen LogP contribution in [0.3, 0.4) is 0 Å². The van der Waals surface area contributed by atoms with Crippen molar-refractivity contribution in [2.75, 3.05) is 26.2 Å². The van der Waals surface area contributed by atoms with Gasteiger partial charge in [-0.15, -0.1) is 21.5 Å². The zero-order chi connectivity index (χ0) is 19.1. The number of hydrogen-bond acceptors (Lipinski definition) is 4. The van der Waals surface area contributed by atoms with Crippen molar-refractivity contribution in [1.29, 1.82) is 0 Å². The summed E-state index contributed by atoms with van der Waals surface area (Å²) in [6, 6.07) is 4.30. The predicted molar refractivity (Wildman–Crippen MR) is 112 cm³/mol. The number of rotatable bonds is 7. The second-order valence-corrected chi connectivity index (χ2v) is 8.64. The maximum Gasteiger partial charge on any atom is 0.194 e. The normalized spacial score (nSPS) is 20.9. The average Bonchev–Trinajstić information content (AvgIpc) is 3.31. The van der Waals surface area contributed by atoms with Gasteiger partial charge < -0.3 is 14.8 Å². The van der Waals surface area contributed by atoms with Crippen LogP contribution in [-0.2, 0) is 19.4 Å². The zero-order valence-electron chi connectivity index (χ0n) is 16.8. The third-order valence-corrected chi connectivity index (χ3v) is 5.95. The number of aliphatic imine (C=N–C) groups is 1. The van der Waals surface area contributed by atoms with Gasteiger partial charge in [-0.25, -0.2) is 0 Å². The average molecular weight is 389 g/mol. The van der Waals surface area contributed by atoms with Gasteiger partial charge >= 0.3 is 0 Å². The summed E-state index contributed by atoms with van der Waals surface area (Å²) in [5.41, 5.74) is 0. The zero-order valence-corrected chi connectivity index (χ0v) is 17.6. The fraction of sp³-hybridized carbons (Fsp3) is 0.650. The number of likely N-dealkylation sites (tertiary alicyclic amines) is 1. The SMILES string of the molecule is CCc1nncn1CCNC(=NCCc1cccs1)N1CC(C)CC(C)C1. The minimum Gasteiger partial charge on any atom is -0.354 e. The molecular weight excluding hydrogens is 356 g/mol. The summed E-state index contributed by atoms with van der Waals surface area (Å²) in [5, 5.41) is 13.9. The molecule has 1 fully saturated rings. The van der Waals surface area contributed by atoms with E-state index in [0.717, 1.165) is 57.3 Å². The Morgan fingerprint density at radius 2 is 2.15 bits per heavy atom. The molecular formula is C20H32N6S. The number of aryl methyl sites for hydroxylation is 1. The molecule has 7 heteroatoms. The summed E-state index contributed by atoms with van der Waals surface area (Å²) in [4.78, 5) is 8.79. The van der Waals surface area contributed by atoms with E-state index in [0.29, 0.717) is 11.8 Å². The molecule has 0 amide bonds. The second-order valence-electron chi connectivity index (χ2n) is 7.61. The van der Waals surface area contributed by atoms with Crippen LogP contribution in [0.2, 0.25) is 0 Å². The van der Waals surface area contributed by atoms with Gasteiger partial charge in [0, 0.05) is 50.4 Å². The highest BCUT2D eigenvalue weighted by Gasteiger charge is 2.24. The molecule has 1 N–H and O–H groups in total. The Kier molecular flexibility index (Phi) is 7.26. The molecule has 0 aromatic carbocycles. The van der Waals surface area contributed by atoms with Crippen LogP contribution in [0.15, 0.2) is 28.8 Å². The van der Waals surface area contributed by atoms with E-state index in [1.165, 1.54) is 11.3 Å². The minimum absolute atomic E-state index is 0.711. The first-order valence-electron chi connectivity index (χ1n) is 10.1. The summed E-state index contributed by atoms with van der Waals surface area (Å²) < 4.78 is 2.12. The van der Waals surface area contributed by atoms with Gasteiger partial charge in [-0.1, -0.05) is 26.8 Å². The van der Waals surface area contributed by atoms with Crippen LogP contribution in [0.5, 0.6) is 0 Å². The first kappa shape index (κ1) is 19.9. The molecule has 0 saturated carbocycles. The Hall–Kier alpha value is -1.89. The van der Waals surface area contributed by atoms with E-state index in [1.807, 2.05) is 17.7 Å². The van der Waals surface area contributed by atoms with Gasteiger partial charge in [0.05, 0.1) is 0 Å². The molecule has 6 nitrogen and oxygen atoms in total. The van der Waals surface area contributed by atoms with Crippen molar-refractivity contribution in [3.8, 4) is 0 Å². The number of aromatic nitrogens is 3. The lowest BCUT2D eigenvalue weighted by molar-refractivity contribution is 0.208. The summed E-state index contributed by atoms with van der Waals surface area (Å²) in [6.07, 6.45) is 5.04. The van der Waals surface area contributed by atoms with Gasteiger partial charge in [0.25, 0.3) is 0 Å². The molecule has 2 unspecified atom stereocenters. The number of piperidine rings is 1. The summed E-state index contributed by atoms with van der Waals surface area (Å²) in [7, 11) is 0. The fourth-order valence-electron chi connectivity index (χ4n) is 3.86. The minimum atomic E-state index is 0.711. The van der Waals surface area contributed by atoms with E-state index in [1.54, 1.807) is 0 Å². The van der Waals surface area contributed by atoms with Crippen LogP contribution in [0, 0.1) is 11.8 Å². The largest absolute Gasteiger partial charge is 0.354 e. The van der Waals surface area contributed by atoms with Crippen molar-refractivity contribution in [1.82, 2.24) is 25.0 Å². The van der Waals surface area contributed by atoms with Crippen LogP contribution in [-0.4, -0.2) is 51.8 Å². The van der Waals surface area contributed by atoms with Gasteiger partial charge in [0.1, 0.15) is 12.2 Å². The third kappa shape index (κ3) is 5.79. The van der Waals surface area contributed by atoms with Gasteiger partial charge in [-0.2, -0.15) is 0 Å². The Bertz CT molecular complexity index is 698. The van der Waals surface area contributed by atoms with Crippen molar-refractivity contribution < 1.29 is 0 Å². The van der Waals surface area contributed by atoms with Crippen molar-refractivity contribution in [2.24, 2.45) is 16.8 Å². The lowest BCUT2D eigenvalue weighted by Crippen LogP contribution is -2.49. The van der Waals surface area contributed by atoms with Crippen LogP contribution in [0.4, 0.5) is 0 Å². The number of nitrogens with one attached hydrogen (secondary N) is 1. The number of hydrogen-bond donors (Lipinski definition) is 1. The molecule has 3 heterocycles. The standard InChI is InChI=1S/C20H32N6S/c1-4-19-24-23-15-25(19)10-9-22-20(21-8-7-18-6-5-11-27-18)26-13-16(2)12-17(3)14-26/h5-6,11,15-17H,4,7-10,12-14H2,1-3H3,(H,21,22). The molecule has 0 radical (unpaired) electrons. The Morgan fingerprint density at radius 3 is 2.85 bits per heavy atom. The fourth-order valence-corrected chi connectivity index (χ4v) is 4.56. The molecule has 0 bridgehead atoms. The predicted octanol–water partition coefficient (Wildman–Crippen LogP) is 3.07. The topological polar surface area (TPSA) is 58.3 Å². The summed E-state index contributed by atoms with van der Waals surface area (Å²) in [5.74, 6) is 3.51. The Morgan fingerprint density at radius 1 is 1.33 bits per heavy atom. The van der Waals surface area contributed by atoms with Crippen molar-refractivity contribution in [3.63, 3.8) is 0 Å². The molecule has 0 spiro atoms. The molecule has 148 valence electrons. The summed E-state index contributed by atoms with van der Waals surface area (Å²) >= 11 is 1.81. The molecule has 2 aromatic rings. The number of guanidine groups is 1. The highest BCUT2D eigenvalue weighted by atomic mass is 32.1. The van der Waals surface area contributed by atoms with E-state index in [9.17, 15) is 0 Å². The van der Waals surface area contributed by atoms with Gasteiger partial charge in [-0.3, -0.25) is 4.99 Å². The van der Waals surface area contributed by atoms with Gasteiger partial charge in [-0.05, 0) is 29.7 Å². The van der Waals surface area contributed by atoms with Crippen molar-refractivity contribution >= 4 is 17.3 Å². The van der Waals surface area contributed by atoms with Crippen LogP contribution >= 0.6 is 11.3 Å². The quantitative estimate of drug-likeness (QED) is 0.585. The van der Waals surface area contributed by atoms with E-state index >= 15 is 0 Å². The Labute approximate surface area is 166 Å². The van der Waals surface area contributed by atoms with E-state index in [2.05, 4.69) is 63.3 Å². The van der Waals surface area contributed by atoms with Crippen LogP contribution in [0.25, 0.3) is 0 Å². The maximum atomic E-state index is 4.95. The maximum absolute atomic E-state index is 4.95. The van der Waals surface area contributed by atoms with E-state index in [4.69, 9.17) is 4.99 Å². The molecule has 1 aliphatic rings. The highest BCUT2D eigenvalue weighted by Crippen LogP contribution is 2.21. The first-order valence-corrected chi connectivity index (χ1v) is 11.0. The van der Waals surface area contributed by atoms with Crippen LogP contribution in [0.1, 0.15) is 37.9 Å². The molecule has 0 aliphatic carbocycles. The van der Waals surface area contributed by atoms with Crippen molar-refractivity contribution in [3.05, 3.63) is 34.5 Å². The number of nitrogens with zero attached hydrogens (tertiary/aromatic N) is 5. The van der Waals surface area contributed by atoms with Crippen molar-refractivity contribution in [2.45, 2.75) is 46.6 Å². The third-order valence-electron chi connectivity index (χ3n) is 5.02. The van der Waals surface area contributed by atoms with E-state index < -0.39 is 0 Å². The lowest BCUT2D eigenvalue weighted by Gasteiger charge is -2.37. The second kappa shape index (κ2) is 9.88. The number of thiophene rings is 1. The molecule has 2 aromatic heterocycles. The van der Waals surface area contributed by atoms with Gasteiger partial charge in [0.15, 0.2) is 5.96 Å². The first-order chi connectivity index (χ1) is 13.2. The highest BCUT2D eigenvalue weighted by molar-refractivity contribution is 7.09. The molecule has 1 aliphatic heterocycles.